The van der Waals surface area contributed by atoms with Crippen molar-refractivity contribution in [1.82, 2.24) is 10.2 Å². The number of nitrogens with one attached hydrogen (secondary N) is 1. The van der Waals surface area contributed by atoms with Gasteiger partial charge in [0.05, 0.1) is 6.04 Å². The van der Waals surface area contributed by atoms with Crippen molar-refractivity contribution < 1.29 is 9.53 Å². The van der Waals surface area contributed by atoms with Gasteiger partial charge in [0.25, 0.3) is 0 Å². The van der Waals surface area contributed by atoms with E-state index >= 15 is 0 Å². The Morgan fingerprint density at radius 1 is 1.23 bits per heavy atom. The van der Waals surface area contributed by atoms with Crippen LogP contribution >= 0.6 is 0 Å². The minimum absolute atomic E-state index is 0.187. The lowest BCUT2D eigenvalue weighted by Crippen LogP contribution is -2.47. The van der Waals surface area contributed by atoms with Crippen LogP contribution in [0, 0.1) is 5.92 Å². The second kappa shape index (κ2) is 6.09. The van der Waals surface area contributed by atoms with Crippen molar-refractivity contribution in [3.05, 3.63) is 0 Å². The molecule has 3 atom stereocenters. The molecule has 0 radical (unpaired) electrons. The fourth-order valence-corrected chi connectivity index (χ4v) is 3.76. The zero-order valence-corrected chi connectivity index (χ0v) is 14.1. The quantitative estimate of drug-likeness (QED) is 0.810. The molecule has 1 saturated carbocycles. The molecule has 22 heavy (non-hydrogen) atoms. The third-order valence-electron chi connectivity index (χ3n) is 4.83. The average molecular weight is 307 g/mol. The minimum Gasteiger partial charge on any atom is -0.444 e. The first-order valence-corrected chi connectivity index (χ1v) is 8.74. The highest BCUT2D eigenvalue weighted by molar-refractivity contribution is 5.87. The van der Waals surface area contributed by atoms with Gasteiger partial charge < -0.3 is 15.0 Å². The zero-order valence-electron chi connectivity index (χ0n) is 14.1. The highest BCUT2D eigenvalue weighted by Gasteiger charge is 2.36. The lowest BCUT2D eigenvalue weighted by molar-refractivity contribution is 0.0193. The van der Waals surface area contributed by atoms with E-state index in [2.05, 4.69) is 5.32 Å². The number of piperidine rings is 1. The van der Waals surface area contributed by atoms with Gasteiger partial charge in [0.1, 0.15) is 11.4 Å². The van der Waals surface area contributed by atoms with Crippen LogP contribution in [0.2, 0.25) is 0 Å². The van der Waals surface area contributed by atoms with Crippen LogP contribution in [0.25, 0.3) is 0 Å². The molecule has 2 aliphatic heterocycles. The fourth-order valence-electron chi connectivity index (χ4n) is 3.76. The molecule has 1 N–H and O–H groups in total. The topological polar surface area (TPSA) is 53.9 Å². The standard InChI is InChI=1S/C17H29N3O2/c1-17(2,3)22-16(21)20-10-6-7-12(11-20)15-18-13-8-4-5-9-14(13)19-15/h12-14H,4-11H2,1-3H3,(H,18,19)/t12-,13?,14?/m1/s1. The highest BCUT2D eigenvalue weighted by atomic mass is 16.6. The van der Waals surface area contributed by atoms with Gasteiger partial charge in [-0.3, -0.25) is 4.99 Å². The number of ether oxygens (including phenoxy) is 1. The Morgan fingerprint density at radius 2 is 2.00 bits per heavy atom. The van der Waals surface area contributed by atoms with E-state index in [9.17, 15) is 4.79 Å². The summed E-state index contributed by atoms with van der Waals surface area (Å²) < 4.78 is 5.51. The summed E-state index contributed by atoms with van der Waals surface area (Å²) in [5, 5.41) is 3.64. The van der Waals surface area contributed by atoms with Gasteiger partial charge in [0.2, 0.25) is 0 Å². The van der Waals surface area contributed by atoms with Gasteiger partial charge in [-0.2, -0.15) is 0 Å². The zero-order chi connectivity index (χ0) is 15.7. The van der Waals surface area contributed by atoms with Gasteiger partial charge in [0.15, 0.2) is 0 Å². The minimum atomic E-state index is -0.428. The molecule has 124 valence electrons. The Morgan fingerprint density at radius 3 is 2.73 bits per heavy atom. The van der Waals surface area contributed by atoms with Gasteiger partial charge in [-0.1, -0.05) is 12.8 Å². The van der Waals surface area contributed by atoms with Crippen LogP contribution < -0.4 is 5.32 Å². The second-order valence-corrected chi connectivity index (χ2v) is 7.88. The summed E-state index contributed by atoms with van der Waals surface area (Å²) in [5.74, 6) is 1.50. The van der Waals surface area contributed by atoms with E-state index in [1.54, 1.807) is 0 Å². The molecule has 1 amide bonds. The van der Waals surface area contributed by atoms with Crippen LogP contribution in [-0.2, 0) is 4.74 Å². The van der Waals surface area contributed by atoms with Gasteiger partial charge in [0, 0.05) is 25.0 Å². The SMILES string of the molecule is CC(C)(C)OC(=O)N1CCC[C@@H](C2=NC3CCCCC3N2)C1. The molecule has 0 bridgehead atoms. The highest BCUT2D eigenvalue weighted by Crippen LogP contribution is 2.28. The maximum Gasteiger partial charge on any atom is 0.410 e. The first kappa shape index (κ1) is 15.6. The number of rotatable bonds is 1. The predicted octanol–water partition coefficient (Wildman–Crippen LogP) is 2.95. The van der Waals surface area contributed by atoms with Crippen LogP contribution in [0.15, 0.2) is 4.99 Å². The van der Waals surface area contributed by atoms with Crippen molar-refractivity contribution in [2.24, 2.45) is 10.9 Å². The van der Waals surface area contributed by atoms with E-state index in [0.29, 0.717) is 18.0 Å². The summed E-state index contributed by atoms with van der Waals surface area (Å²) in [6, 6.07) is 1.02. The average Bonchev–Trinajstić information content (AvgIpc) is 2.89. The second-order valence-electron chi connectivity index (χ2n) is 7.88. The summed E-state index contributed by atoms with van der Waals surface area (Å²) in [6.45, 7) is 7.28. The number of fused-ring (bicyclic) bond motifs is 1. The molecule has 1 saturated heterocycles. The first-order valence-electron chi connectivity index (χ1n) is 8.74. The molecule has 2 fully saturated rings. The van der Waals surface area contributed by atoms with Crippen molar-refractivity contribution in [2.45, 2.75) is 77.0 Å². The molecule has 0 aromatic heterocycles. The number of carbonyl (C=O) groups excluding carboxylic acids is 1. The molecule has 0 spiro atoms. The van der Waals surface area contributed by atoms with Crippen molar-refractivity contribution in [1.29, 1.82) is 0 Å². The first-order chi connectivity index (χ1) is 10.4. The van der Waals surface area contributed by atoms with Crippen LogP contribution in [0.1, 0.15) is 59.3 Å². The van der Waals surface area contributed by atoms with Crippen molar-refractivity contribution in [3.8, 4) is 0 Å². The Bertz CT molecular complexity index is 455. The molecule has 5 nitrogen and oxygen atoms in total. The van der Waals surface area contributed by atoms with Crippen LogP contribution in [0.3, 0.4) is 0 Å². The number of amidine groups is 1. The summed E-state index contributed by atoms with van der Waals surface area (Å²) in [6.07, 6.45) is 7.02. The largest absolute Gasteiger partial charge is 0.444 e. The third kappa shape index (κ3) is 3.55. The lowest BCUT2D eigenvalue weighted by Gasteiger charge is -2.34. The number of amides is 1. The maximum absolute atomic E-state index is 12.3. The van der Waals surface area contributed by atoms with Gasteiger partial charge in [-0.25, -0.2) is 4.79 Å². The lowest BCUT2D eigenvalue weighted by atomic mass is 9.92. The van der Waals surface area contributed by atoms with E-state index in [0.717, 1.165) is 31.8 Å². The molecule has 2 unspecified atom stereocenters. The molecule has 3 rings (SSSR count). The van der Waals surface area contributed by atoms with E-state index in [1.807, 2.05) is 25.7 Å². The van der Waals surface area contributed by atoms with E-state index in [4.69, 9.17) is 9.73 Å². The number of carbonyl (C=O) groups is 1. The number of hydrogen-bond acceptors (Lipinski definition) is 4. The predicted molar refractivity (Wildman–Crippen MR) is 87.1 cm³/mol. The summed E-state index contributed by atoms with van der Waals surface area (Å²) in [5.41, 5.74) is -0.428. The molecule has 1 aliphatic carbocycles. The molecule has 5 heteroatoms. The normalized spacial score (nSPS) is 32.0. The van der Waals surface area contributed by atoms with E-state index in [1.165, 1.54) is 25.7 Å². The molecule has 0 aromatic rings. The van der Waals surface area contributed by atoms with Crippen molar-refractivity contribution >= 4 is 11.9 Å². The molecule has 0 aromatic carbocycles. The van der Waals surface area contributed by atoms with Gasteiger partial charge in [-0.05, 0) is 46.5 Å². The summed E-state index contributed by atoms with van der Waals surface area (Å²) in [4.78, 5) is 19.1. The number of hydrogen-bond donors (Lipinski definition) is 1. The van der Waals surface area contributed by atoms with E-state index < -0.39 is 5.60 Å². The maximum atomic E-state index is 12.3. The monoisotopic (exact) mass is 307 g/mol. The van der Waals surface area contributed by atoms with E-state index in [-0.39, 0.29) is 6.09 Å². The molecular formula is C17H29N3O2. The molecular weight excluding hydrogens is 278 g/mol. The third-order valence-corrected chi connectivity index (χ3v) is 4.83. The number of aliphatic imine (C=N–C) groups is 1. The Hall–Kier alpha value is -1.26. The Kier molecular flexibility index (Phi) is 4.33. The van der Waals surface area contributed by atoms with Crippen LogP contribution in [-0.4, -0.2) is 47.6 Å². The summed E-state index contributed by atoms with van der Waals surface area (Å²) >= 11 is 0. The van der Waals surface area contributed by atoms with Crippen LogP contribution in [0.4, 0.5) is 4.79 Å². The Labute approximate surface area is 133 Å². The molecule has 2 heterocycles. The smallest absolute Gasteiger partial charge is 0.410 e. The van der Waals surface area contributed by atoms with Gasteiger partial charge >= 0.3 is 6.09 Å². The van der Waals surface area contributed by atoms with Gasteiger partial charge in [-0.15, -0.1) is 0 Å². The number of likely N-dealkylation sites (tertiary alicyclic amines) is 1. The molecule has 3 aliphatic rings. The van der Waals surface area contributed by atoms with Crippen molar-refractivity contribution in [2.75, 3.05) is 13.1 Å². The number of nitrogens with zero attached hydrogens (tertiary/aromatic N) is 2. The van der Waals surface area contributed by atoms with Crippen molar-refractivity contribution in [3.63, 3.8) is 0 Å². The Balaban J connectivity index is 1.60. The van der Waals surface area contributed by atoms with Crippen LogP contribution in [0.5, 0.6) is 0 Å². The fraction of sp³-hybridized carbons (Fsp3) is 0.882. The summed E-state index contributed by atoms with van der Waals surface area (Å²) in [7, 11) is 0.